The van der Waals surface area contributed by atoms with Gasteiger partial charge in [-0.1, -0.05) is 23.2 Å². The Morgan fingerprint density at radius 3 is 1.96 bits per heavy atom. The fraction of sp³-hybridized carbons (Fsp3) is 0.188. The third-order valence-electron chi connectivity index (χ3n) is 3.57. The van der Waals surface area contributed by atoms with Gasteiger partial charge in [0, 0.05) is 25.3 Å². The van der Waals surface area contributed by atoms with E-state index in [0.29, 0.717) is 27.0 Å². The molecule has 5 nitrogen and oxygen atoms in total. The lowest BCUT2D eigenvalue weighted by atomic mass is 10.2. The summed E-state index contributed by atoms with van der Waals surface area (Å²) < 4.78 is 24.2. The maximum atomic E-state index is 12.5. The van der Waals surface area contributed by atoms with Crippen molar-refractivity contribution in [2.75, 3.05) is 29.6 Å². The summed E-state index contributed by atoms with van der Waals surface area (Å²) in [6.07, 6.45) is 1.13. The number of rotatable bonds is 4. The van der Waals surface area contributed by atoms with Crippen molar-refractivity contribution in [1.82, 2.24) is 0 Å². The highest BCUT2D eigenvalue weighted by molar-refractivity contribution is 7.92. The number of hydrogen-bond acceptors (Lipinski definition) is 3. The van der Waals surface area contributed by atoms with Gasteiger partial charge in [-0.15, -0.1) is 0 Å². The van der Waals surface area contributed by atoms with Crippen LogP contribution in [0.1, 0.15) is 10.4 Å². The lowest BCUT2D eigenvalue weighted by molar-refractivity contribution is 0.0993. The standard InChI is InChI=1S/C16H16Cl2N2O3S/c1-19(16(21)11-4-9-14(17)15(18)10-11)12-5-7-13(8-6-12)20(2)24(3,22)23/h4-10H,1-3H3. The van der Waals surface area contributed by atoms with Crippen LogP contribution in [0.15, 0.2) is 42.5 Å². The zero-order valence-electron chi connectivity index (χ0n) is 13.3. The van der Waals surface area contributed by atoms with Crippen LogP contribution in [0.5, 0.6) is 0 Å². The van der Waals surface area contributed by atoms with Gasteiger partial charge in [0.25, 0.3) is 5.91 Å². The Hall–Kier alpha value is -1.76. The second-order valence-corrected chi connectivity index (χ2v) is 8.07. The van der Waals surface area contributed by atoms with E-state index < -0.39 is 10.0 Å². The monoisotopic (exact) mass is 386 g/mol. The molecule has 0 aliphatic heterocycles. The SMILES string of the molecule is CN(C(=O)c1ccc(Cl)c(Cl)c1)c1ccc(N(C)S(C)(=O)=O)cc1. The van der Waals surface area contributed by atoms with Crippen LogP contribution in [0.25, 0.3) is 0 Å². The molecule has 0 radical (unpaired) electrons. The minimum absolute atomic E-state index is 0.252. The normalized spacial score (nSPS) is 11.2. The van der Waals surface area contributed by atoms with Gasteiger partial charge in [-0.2, -0.15) is 0 Å². The van der Waals surface area contributed by atoms with Crippen molar-refractivity contribution in [2.24, 2.45) is 0 Å². The molecule has 0 unspecified atom stereocenters. The number of sulfonamides is 1. The molecule has 0 N–H and O–H groups in total. The van der Waals surface area contributed by atoms with Crippen LogP contribution < -0.4 is 9.21 Å². The van der Waals surface area contributed by atoms with Gasteiger partial charge < -0.3 is 4.90 Å². The van der Waals surface area contributed by atoms with Crippen LogP contribution in [-0.2, 0) is 10.0 Å². The second-order valence-electron chi connectivity index (χ2n) is 5.24. The van der Waals surface area contributed by atoms with Gasteiger partial charge in [-0.25, -0.2) is 8.42 Å². The largest absolute Gasteiger partial charge is 0.311 e. The maximum Gasteiger partial charge on any atom is 0.258 e. The molecule has 0 saturated carbocycles. The molecule has 0 aliphatic carbocycles. The van der Waals surface area contributed by atoms with Gasteiger partial charge in [0.15, 0.2) is 0 Å². The van der Waals surface area contributed by atoms with Crippen molar-refractivity contribution < 1.29 is 13.2 Å². The first-order valence-corrected chi connectivity index (χ1v) is 9.49. The first-order valence-electron chi connectivity index (χ1n) is 6.88. The summed E-state index contributed by atoms with van der Waals surface area (Å²) in [5.41, 5.74) is 1.54. The van der Waals surface area contributed by atoms with Gasteiger partial charge in [-0.05, 0) is 42.5 Å². The number of amides is 1. The summed E-state index contributed by atoms with van der Waals surface area (Å²) in [6.45, 7) is 0. The van der Waals surface area contributed by atoms with E-state index >= 15 is 0 Å². The molecule has 0 bridgehead atoms. The van der Waals surface area contributed by atoms with Gasteiger partial charge in [0.1, 0.15) is 0 Å². The summed E-state index contributed by atoms with van der Waals surface area (Å²) >= 11 is 11.8. The first-order chi connectivity index (χ1) is 11.1. The molecule has 24 heavy (non-hydrogen) atoms. The number of anilines is 2. The molecule has 0 fully saturated rings. The van der Waals surface area contributed by atoms with Crippen LogP contribution in [0.3, 0.4) is 0 Å². The average Bonchev–Trinajstić information content (AvgIpc) is 2.54. The quantitative estimate of drug-likeness (QED) is 0.805. The number of nitrogens with zero attached hydrogens (tertiary/aromatic N) is 2. The molecule has 0 aliphatic rings. The fourth-order valence-electron chi connectivity index (χ4n) is 2.02. The van der Waals surface area contributed by atoms with Crippen molar-refractivity contribution in [3.63, 3.8) is 0 Å². The average molecular weight is 387 g/mol. The molecule has 0 heterocycles. The Labute approximate surface area is 151 Å². The Morgan fingerprint density at radius 2 is 1.46 bits per heavy atom. The van der Waals surface area contributed by atoms with Gasteiger partial charge in [-0.3, -0.25) is 9.10 Å². The molecule has 0 saturated heterocycles. The highest BCUT2D eigenvalue weighted by Crippen LogP contribution is 2.25. The molecule has 2 rings (SSSR count). The predicted octanol–water partition coefficient (Wildman–Crippen LogP) is 3.67. The van der Waals surface area contributed by atoms with Crippen LogP contribution in [0.4, 0.5) is 11.4 Å². The molecule has 0 atom stereocenters. The van der Waals surface area contributed by atoms with Gasteiger partial charge >= 0.3 is 0 Å². The smallest absolute Gasteiger partial charge is 0.258 e. The first kappa shape index (κ1) is 18.6. The van der Waals surface area contributed by atoms with E-state index in [-0.39, 0.29) is 5.91 Å². The molecule has 0 aromatic heterocycles. The van der Waals surface area contributed by atoms with E-state index in [1.165, 1.54) is 18.0 Å². The molecule has 1 amide bonds. The number of hydrogen-bond donors (Lipinski definition) is 0. The summed E-state index contributed by atoms with van der Waals surface area (Å²) in [7, 11) is -0.239. The number of halogens is 2. The Kier molecular flexibility index (Phi) is 5.42. The third kappa shape index (κ3) is 4.01. The van der Waals surface area contributed by atoms with Gasteiger partial charge in [0.05, 0.1) is 22.0 Å². The minimum atomic E-state index is -3.33. The lowest BCUT2D eigenvalue weighted by Gasteiger charge is -2.20. The van der Waals surface area contributed by atoms with E-state index in [9.17, 15) is 13.2 Å². The zero-order chi connectivity index (χ0) is 18.1. The van der Waals surface area contributed by atoms with Crippen molar-refractivity contribution in [2.45, 2.75) is 0 Å². The number of carbonyl (C=O) groups excluding carboxylic acids is 1. The highest BCUT2D eigenvalue weighted by atomic mass is 35.5. The van der Waals surface area contributed by atoms with Gasteiger partial charge in [0.2, 0.25) is 10.0 Å². The molecule has 0 spiro atoms. The maximum absolute atomic E-state index is 12.5. The van der Waals surface area contributed by atoms with Crippen molar-refractivity contribution in [1.29, 1.82) is 0 Å². The number of carbonyl (C=O) groups is 1. The Morgan fingerprint density at radius 1 is 0.917 bits per heavy atom. The van der Waals surface area contributed by atoms with Crippen molar-refractivity contribution in [3.05, 3.63) is 58.1 Å². The van der Waals surface area contributed by atoms with E-state index in [1.54, 1.807) is 43.4 Å². The van der Waals surface area contributed by atoms with Crippen molar-refractivity contribution in [3.8, 4) is 0 Å². The summed E-state index contributed by atoms with van der Waals surface area (Å²) in [6, 6.07) is 11.3. The second kappa shape index (κ2) is 7.01. The summed E-state index contributed by atoms with van der Waals surface area (Å²) in [5.74, 6) is -0.252. The van der Waals surface area contributed by atoms with E-state index in [0.717, 1.165) is 10.6 Å². The van der Waals surface area contributed by atoms with Crippen LogP contribution >= 0.6 is 23.2 Å². The van der Waals surface area contributed by atoms with E-state index in [4.69, 9.17) is 23.2 Å². The van der Waals surface area contributed by atoms with Crippen LogP contribution in [0.2, 0.25) is 10.0 Å². The van der Waals surface area contributed by atoms with Crippen LogP contribution in [-0.4, -0.2) is 34.7 Å². The molecule has 128 valence electrons. The summed E-state index contributed by atoms with van der Waals surface area (Å²) in [4.78, 5) is 14.0. The summed E-state index contributed by atoms with van der Waals surface area (Å²) in [5, 5.41) is 0.685. The lowest BCUT2D eigenvalue weighted by Crippen LogP contribution is -2.27. The molecular weight excluding hydrogens is 371 g/mol. The molecule has 2 aromatic carbocycles. The number of benzene rings is 2. The molecular formula is C16H16Cl2N2O3S. The Bertz CT molecular complexity index is 867. The van der Waals surface area contributed by atoms with E-state index in [2.05, 4.69) is 0 Å². The highest BCUT2D eigenvalue weighted by Gasteiger charge is 2.16. The van der Waals surface area contributed by atoms with Crippen LogP contribution in [0, 0.1) is 0 Å². The fourth-order valence-corrected chi connectivity index (χ4v) is 2.82. The Balaban J connectivity index is 2.25. The zero-order valence-corrected chi connectivity index (χ0v) is 15.7. The van der Waals surface area contributed by atoms with Crippen molar-refractivity contribution >= 4 is 50.5 Å². The molecule has 8 heteroatoms. The van der Waals surface area contributed by atoms with E-state index in [1.807, 2.05) is 0 Å². The topological polar surface area (TPSA) is 57.7 Å². The minimum Gasteiger partial charge on any atom is -0.311 e. The third-order valence-corrected chi connectivity index (χ3v) is 5.51. The molecule has 2 aromatic rings. The predicted molar refractivity (Wildman–Crippen MR) is 98.9 cm³/mol.